The van der Waals surface area contributed by atoms with Gasteiger partial charge in [0.05, 0.1) is 13.2 Å². The maximum Gasteiger partial charge on any atom is 0.330 e. The lowest BCUT2D eigenvalue weighted by Crippen LogP contribution is -2.29. The molecule has 0 aliphatic carbocycles. The summed E-state index contributed by atoms with van der Waals surface area (Å²) in [4.78, 5) is 14.1. The molecule has 0 saturated heterocycles. The summed E-state index contributed by atoms with van der Waals surface area (Å²) in [5, 5.41) is 4.16. The molecule has 5 heteroatoms. The van der Waals surface area contributed by atoms with Crippen LogP contribution >= 0.6 is 11.8 Å². The number of benzene rings is 4. The Bertz CT molecular complexity index is 1300. The van der Waals surface area contributed by atoms with Crippen LogP contribution in [0.15, 0.2) is 114 Å². The van der Waals surface area contributed by atoms with Crippen molar-refractivity contribution in [1.29, 1.82) is 0 Å². The van der Waals surface area contributed by atoms with Crippen molar-refractivity contribution in [2.24, 2.45) is 0 Å². The molecule has 0 amide bonds. The standard InChI is InChI=1S/C29H26O4S/c1-3-16-31-19-23(33-28(30)4-2)20-32-29-26-13-9-8-10-21(26)17-22-14-15-25(18-27(22)29)34-24-11-6-5-7-12-24/h3-15,17-18,23H,1-2,16,19-20H2. The van der Waals surface area contributed by atoms with Crippen LogP contribution in [0.3, 0.4) is 0 Å². The lowest BCUT2D eigenvalue weighted by molar-refractivity contribution is -0.147. The van der Waals surface area contributed by atoms with Gasteiger partial charge < -0.3 is 14.2 Å². The topological polar surface area (TPSA) is 44.8 Å². The van der Waals surface area contributed by atoms with E-state index in [1.54, 1.807) is 17.8 Å². The number of fused-ring (bicyclic) bond motifs is 2. The molecule has 172 valence electrons. The van der Waals surface area contributed by atoms with Gasteiger partial charge in [0.25, 0.3) is 0 Å². The third-order valence-corrected chi connectivity index (χ3v) is 6.16. The molecule has 0 N–H and O–H groups in total. The number of carbonyl (C=O) groups is 1. The van der Waals surface area contributed by atoms with Crippen LogP contribution in [0.5, 0.6) is 5.75 Å². The number of carbonyl (C=O) groups excluding carboxylic acids is 1. The summed E-state index contributed by atoms with van der Waals surface area (Å²) in [7, 11) is 0. The number of hydrogen-bond acceptors (Lipinski definition) is 5. The smallest absolute Gasteiger partial charge is 0.330 e. The average molecular weight is 471 g/mol. The number of hydrogen-bond donors (Lipinski definition) is 0. The van der Waals surface area contributed by atoms with Crippen LogP contribution in [0, 0.1) is 0 Å². The van der Waals surface area contributed by atoms with E-state index in [1.807, 2.05) is 36.4 Å². The second kappa shape index (κ2) is 11.5. The minimum Gasteiger partial charge on any atom is -0.488 e. The molecule has 0 saturated carbocycles. The van der Waals surface area contributed by atoms with Crippen LogP contribution in [0.4, 0.5) is 0 Å². The Morgan fingerprint density at radius 3 is 2.41 bits per heavy atom. The molecule has 0 bridgehead atoms. The van der Waals surface area contributed by atoms with E-state index in [2.05, 4.69) is 55.6 Å². The monoisotopic (exact) mass is 470 g/mol. The van der Waals surface area contributed by atoms with Crippen molar-refractivity contribution in [1.82, 2.24) is 0 Å². The Morgan fingerprint density at radius 2 is 1.62 bits per heavy atom. The predicted molar refractivity (Wildman–Crippen MR) is 139 cm³/mol. The van der Waals surface area contributed by atoms with Crippen LogP contribution in [0.25, 0.3) is 21.5 Å². The highest BCUT2D eigenvalue weighted by Gasteiger charge is 2.17. The average Bonchev–Trinajstić information content (AvgIpc) is 2.87. The third kappa shape index (κ3) is 5.87. The van der Waals surface area contributed by atoms with Gasteiger partial charge in [0.1, 0.15) is 12.4 Å². The first-order valence-corrected chi connectivity index (χ1v) is 11.8. The van der Waals surface area contributed by atoms with E-state index >= 15 is 0 Å². The fourth-order valence-corrected chi connectivity index (χ4v) is 4.51. The van der Waals surface area contributed by atoms with Gasteiger partial charge in [-0.05, 0) is 41.1 Å². The summed E-state index contributed by atoms with van der Waals surface area (Å²) < 4.78 is 17.3. The molecule has 4 aromatic rings. The molecule has 0 fully saturated rings. The second-order valence-electron chi connectivity index (χ2n) is 7.63. The quantitative estimate of drug-likeness (QED) is 0.0791. The summed E-state index contributed by atoms with van der Waals surface area (Å²) in [5.74, 6) is 0.243. The van der Waals surface area contributed by atoms with Gasteiger partial charge in [0, 0.05) is 26.6 Å². The zero-order valence-electron chi connectivity index (χ0n) is 18.8. The molecule has 0 aliphatic heterocycles. The van der Waals surface area contributed by atoms with Gasteiger partial charge in [-0.3, -0.25) is 0 Å². The molecular weight excluding hydrogens is 444 g/mol. The summed E-state index contributed by atoms with van der Waals surface area (Å²) in [6.45, 7) is 7.84. The summed E-state index contributed by atoms with van der Waals surface area (Å²) in [6.07, 6.45) is 2.21. The second-order valence-corrected chi connectivity index (χ2v) is 8.77. The first kappa shape index (κ1) is 23.6. The zero-order valence-corrected chi connectivity index (χ0v) is 19.6. The Morgan fingerprint density at radius 1 is 0.853 bits per heavy atom. The van der Waals surface area contributed by atoms with Crippen LogP contribution in [0.2, 0.25) is 0 Å². The van der Waals surface area contributed by atoms with Gasteiger partial charge >= 0.3 is 5.97 Å². The maximum absolute atomic E-state index is 11.8. The molecule has 0 radical (unpaired) electrons. The first-order chi connectivity index (χ1) is 16.7. The SMILES string of the molecule is C=CCOCC(COc1c2ccccc2cc2ccc(Sc3ccccc3)cc12)OC(=O)C=C. The van der Waals surface area contributed by atoms with Gasteiger partial charge in [-0.1, -0.05) is 72.9 Å². The lowest BCUT2D eigenvalue weighted by Gasteiger charge is -2.20. The molecule has 4 rings (SSSR count). The minimum absolute atomic E-state index is 0.149. The molecular formula is C29H26O4S. The van der Waals surface area contributed by atoms with Crippen molar-refractivity contribution < 1.29 is 19.0 Å². The van der Waals surface area contributed by atoms with Gasteiger partial charge in [-0.25, -0.2) is 4.79 Å². The van der Waals surface area contributed by atoms with Crippen LogP contribution in [-0.4, -0.2) is 31.9 Å². The van der Waals surface area contributed by atoms with Crippen molar-refractivity contribution in [3.63, 3.8) is 0 Å². The third-order valence-electron chi connectivity index (χ3n) is 5.17. The van der Waals surface area contributed by atoms with Crippen LogP contribution in [0.1, 0.15) is 0 Å². The van der Waals surface area contributed by atoms with E-state index in [0.717, 1.165) is 38.3 Å². The summed E-state index contributed by atoms with van der Waals surface area (Å²) in [6, 6.07) is 26.9. The zero-order chi connectivity index (χ0) is 23.8. The first-order valence-electron chi connectivity index (χ1n) is 11.0. The predicted octanol–water partition coefficient (Wildman–Crippen LogP) is 6.82. The molecule has 34 heavy (non-hydrogen) atoms. The van der Waals surface area contributed by atoms with Gasteiger partial charge in [0.15, 0.2) is 6.10 Å². The highest BCUT2D eigenvalue weighted by molar-refractivity contribution is 7.99. The molecule has 1 atom stereocenters. The van der Waals surface area contributed by atoms with Crippen LogP contribution in [-0.2, 0) is 14.3 Å². The molecule has 0 spiro atoms. The van der Waals surface area contributed by atoms with Gasteiger partial charge in [0.2, 0.25) is 0 Å². The van der Waals surface area contributed by atoms with Crippen molar-refractivity contribution in [3.8, 4) is 5.75 Å². The molecule has 1 unspecified atom stereocenters. The van der Waals surface area contributed by atoms with Crippen LogP contribution < -0.4 is 4.74 Å². The highest BCUT2D eigenvalue weighted by atomic mass is 32.2. The summed E-state index contributed by atoms with van der Waals surface area (Å²) >= 11 is 1.70. The Labute approximate surface area is 203 Å². The fourth-order valence-electron chi connectivity index (χ4n) is 3.63. The lowest BCUT2D eigenvalue weighted by atomic mass is 10.0. The molecule has 0 aliphatic rings. The molecule has 4 nitrogen and oxygen atoms in total. The fraction of sp³-hybridized carbons (Fsp3) is 0.138. The van der Waals surface area contributed by atoms with Gasteiger partial charge in [-0.15, -0.1) is 6.58 Å². The van der Waals surface area contributed by atoms with Gasteiger partial charge in [-0.2, -0.15) is 0 Å². The Balaban J connectivity index is 1.68. The van der Waals surface area contributed by atoms with Crippen molar-refractivity contribution >= 4 is 39.3 Å². The highest BCUT2D eigenvalue weighted by Crippen LogP contribution is 2.38. The Hall–Kier alpha value is -3.54. The maximum atomic E-state index is 11.8. The van der Waals surface area contributed by atoms with E-state index in [-0.39, 0.29) is 13.2 Å². The number of ether oxygens (including phenoxy) is 3. The molecule has 0 aromatic heterocycles. The normalized spacial score (nSPS) is 11.8. The molecule has 0 heterocycles. The van der Waals surface area contributed by atoms with E-state index in [1.165, 1.54) is 4.90 Å². The van der Waals surface area contributed by atoms with E-state index in [4.69, 9.17) is 14.2 Å². The van der Waals surface area contributed by atoms with E-state index in [0.29, 0.717) is 6.61 Å². The molecule has 4 aromatic carbocycles. The van der Waals surface area contributed by atoms with E-state index < -0.39 is 12.1 Å². The van der Waals surface area contributed by atoms with Crippen molar-refractivity contribution in [3.05, 3.63) is 104 Å². The van der Waals surface area contributed by atoms with Crippen molar-refractivity contribution in [2.75, 3.05) is 19.8 Å². The number of esters is 1. The van der Waals surface area contributed by atoms with Crippen molar-refractivity contribution in [2.45, 2.75) is 15.9 Å². The largest absolute Gasteiger partial charge is 0.488 e. The number of rotatable bonds is 11. The minimum atomic E-state index is -0.582. The Kier molecular flexibility index (Phi) is 8.02. The summed E-state index contributed by atoms with van der Waals surface area (Å²) in [5.41, 5.74) is 0. The van der Waals surface area contributed by atoms with E-state index in [9.17, 15) is 4.79 Å².